The summed E-state index contributed by atoms with van der Waals surface area (Å²) in [5.74, 6) is 1.47. The van der Waals surface area contributed by atoms with Crippen molar-refractivity contribution in [3.05, 3.63) is 27.9 Å². The molecule has 4 nitrogen and oxygen atoms in total. The zero-order valence-corrected chi connectivity index (χ0v) is 12.5. The molecule has 1 aromatic carbocycles. The van der Waals surface area contributed by atoms with Gasteiger partial charge in [0, 0.05) is 28.2 Å². The summed E-state index contributed by atoms with van der Waals surface area (Å²) in [5, 5.41) is 4.19. The number of rotatable bonds is 2. The summed E-state index contributed by atoms with van der Waals surface area (Å²) in [6.45, 7) is 4.05. The maximum absolute atomic E-state index is 6.05. The van der Waals surface area contributed by atoms with Gasteiger partial charge in [-0.25, -0.2) is 0 Å². The van der Waals surface area contributed by atoms with E-state index in [-0.39, 0.29) is 0 Å². The number of anilines is 1. The van der Waals surface area contributed by atoms with Crippen LogP contribution in [0.25, 0.3) is 11.1 Å². The zero-order chi connectivity index (χ0) is 13.4. The van der Waals surface area contributed by atoms with Gasteiger partial charge in [0.2, 0.25) is 0 Å². The highest BCUT2D eigenvalue weighted by Gasteiger charge is 2.18. The van der Waals surface area contributed by atoms with Gasteiger partial charge >= 0.3 is 0 Å². The van der Waals surface area contributed by atoms with Crippen LogP contribution < -0.4 is 10.5 Å². The quantitative estimate of drug-likeness (QED) is 0.927. The summed E-state index contributed by atoms with van der Waals surface area (Å²) < 4.78 is 8.22. The summed E-state index contributed by atoms with van der Waals surface area (Å²) in [5.41, 5.74) is 10.1. The van der Waals surface area contributed by atoms with Crippen molar-refractivity contribution in [1.82, 2.24) is 9.78 Å². The van der Waals surface area contributed by atoms with Crippen LogP contribution in [-0.4, -0.2) is 16.9 Å². The number of ether oxygens (including phenoxy) is 1. The van der Waals surface area contributed by atoms with E-state index in [0.29, 0.717) is 5.82 Å². The van der Waals surface area contributed by atoms with E-state index >= 15 is 0 Å². The smallest absolute Gasteiger partial charge is 0.131 e. The van der Waals surface area contributed by atoms with Gasteiger partial charge in [-0.1, -0.05) is 15.9 Å². The monoisotopic (exact) mass is 309 g/mol. The molecule has 0 spiro atoms. The van der Waals surface area contributed by atoms with Crippen LogP contribution in [0, 0.1) is 13.8 Å². The van der Waals surface area contributed by atoms with E-state index in [2.05, 4.69) is 27.1 Å². The molecule has 2 aromatic rings. The number of benzene rings is 1. The molecule has 1 heterocycles. The van der Waals surface area contributed by atoms with Gasteiger partial charge < -0.3 is 10.5 Å². The third-order valence-corrected chi connectivity index (χ3v) is 3.95. The Bertz CT molecular complexity index is 605. The molecular formula is C13H16BrN3O. The largest absolute Gasteiger partial charge is 0.496 e. The van der Waals surface area contributed by atoms with Gasteiger partial charge in [0.15, 0.2) is 0 Å². The molecule has 0 bridgehead atoms. The number of halogens is 1. The number of nitrogens with zero attached hydrogens (tertiary/aromatic N) is 2. The lowest BCUT2D eigenvalue weighted by Gasteiger charge is -2.15. The molecule has 18 heavy (non-hydrogen) atoms. The van der Waals surface area contributed by atoms with Crippen LogP contribution in [0.2, 0.25) is 0 Å². The Morgan fingerprint density at radius 1 is 1.39 bits per heavy atom. The van der Waals surface area contributed by atoms with Crippen molar-refractivity contribution in [2.24, 2.45) is 7.05 Å². The van der Waals surface area contributed by atoms with Gasteiger partial charge in [-0.3, -0.25) is 4.68 Å². The number of aromatic nitrogens is 2. The van der Waals surface area contributed by atoms with Crippen molar-refractivity contribution >= 4 is 21.7 Å². The van der Waals surface area contributed by atoms with E-state index in [0.717, 1.165) is 32.5 Å². The van der Waals surface area contributed by atoms with Gasteiger partial charge in [-0.2, -0.15) is 5.10 Å². The number of aryl methyl sites for hydroxylation is 2. The Morgan fingerprint density at radius 3 is 2.56 bits per heavy atom. The van der Waals surface area contributed by atoms with Crippen LogP contribution in [0.5, 0.6) is 5.75 Å². The predicted octanol–water partition coefficient (Wildman–Crippen LogP) is 3.06. The second kappa shape index (κ2) is 4.65. The van der Waals surface area contributed by atoms with Crippen molar-refractivity contribution in [1.29, 1.82) is 0 Å². The third kappa shape index (κ3) is 1.88. The standard InChI is InChI=1S/C13H16BrN3O/c1-7-5-10(14)8(2)12(18-4)11(7)9-6-16-17(3)13(9)15/h5-6H,15H2,1-4H3. The first-order valence-electron chi connectivity index (χ1n) is 5.59. The van der Waals surface area contributed by atoms with Crippen molar-refractivity contribution in [3.63, 3.8) is 0 Å². The van der Waals surface area contributed by atoms with Crippen molar-refractivity contribution in [2.45, 2.75) is 13.8 Å². The number of nitrogen functional groups attached to an aromatic ring is 1. The maximum Gasteiger partial charge on any atom is 0.131 e. The van der Waals surface area contributed by atoms with Crippen molar-refractivity contribution in [2.75, 3.05) is 12.8 Å². The minimum absolute atomic E-state index is 0.637. The average molecular weight is 310 g/mol. The molecular weight excluding hydrogens is 294 g/mol. The lowest BCUT2D eigenvalue weighted by molar-refractivity contribution is 0.413. The first-order valence-corrected chi connectivity index (χ1v) is 6.38. The zero-order valence-electron chi connectivity index (χ0n) is 10.9. The highest BCUT2D eigenvalue weighted by Crippen LogP contribution is 2.41. The van der Waals surface area contributed by atoms with E-state index in [1.165, 1.54) is 0 Å². The molecule has 2 N–H and O–H groups in total. The van der Waals surface area contributed by atoms with Crippen LogP contribution in [0.4, 0.5) is 5.82 Å². The lowest BCUT2D eigenvalue weighted by atomic mass is 9.98. The van der Waals surface area contributed by atoms with Gasteiger partial charge in [0.05, 0.1) is 13.3 Å². The molecule has 0 aliphatic rings. The highest BCUT2D eigenvalue weighted by atomic mass is 79.9. The molecule has 0 unspecified atom stereocenters. The van der Waals surface area contributed by atoms with Crippen molar-refractivity contribution < 1.29 is 4.74 Å². The maximum atomic E-state index is 6.05. The number of nitrogens with two attached hydrogens (primary N) is 1. The Labute approximate surface area is 115 Å². The second-order valence-electron chi connectivity index (χ2n) is 4.28. The minimum Gasteiger partial charge on any atom is -0.496 e. The number of methoxy groups -OCH3 is 1. The second-order valence-corrected chi connectivity index (χ2v) is 5.13. The summed E-state index contributed by atoms with van der Waals surface area (Å²) in [6, 6.07) is 2.07. The summed E-state index contributed by atoms with van der Waals surface area (Å²) in [6.07, 6.45) is 1.77. The molecule has 96 valence electrons. The van der Waals surface area contributed by atoms with Crippen LogP contribution in [0.1, 0.15) is 11.1 Å². The SMILES string of the molecule is COc1c(C)c(Br)cc(C)c1-c1cnn(C)c1N. The van der Waals surface area contributed by atoms with E-state index in [4.69, 9.17) is 10.5 Å². The van der Waals surface area contributed by atoms with E-state index in [9.17, 15) is 0 Å². The summed E-state index contributed by atoms with van der Waals surface area (Å²) in [4.78, 5) is 0. The van der Waals surface area contributed by atoms with E-state index in [1.807, 2.05) is 20.9 Å². The molecule has 0 radical (unpaired) electrons. The van der Waals surface area contributed by atoms with Crippen LogP contribution >= 0.6 is 15.9 Å². The topological polar surface area (TPSA) is 53.1 Å². The summed E-state index contributed by atoms with van der Waals surface area (Å²) in [7, 11) is 3.50. The fraction of sp³-hybridized carbons (Fsp3) is 0.308. The van der Waals surface area contributed by atoms with E-state index in [1.54, 1.807) is 18.0 Å². The third-order valence-electron chi connectivity index (χ3n) is 3.12. The Morgan fingerprint density at radius 2 is 2.06 bits per heavy atom. The Balaban J connectivity index is 2.78. The Kier molecular flexibility index (Phi) is 3.34. The number of hydrogen-bond acceptors (Lipinski definition) is 3. The van der Waals surface area contributed by atoms with Crippen LogP contribution in [0.3, 0.4) is 0 Å². The first kappa shape index (κ1) is 13.0. The van der Waals surface area contributed by atoms with Crippen LogP contribution in [-0.2, 0) is 7.05 Å². The fourth-order valence-corrected chi connectivity index (χ4v) is 2.60. The predicted molar refractivity (Wildman–Crippen MR) is 76.8 cm³/mol. The van der Waals surface area contributed by atoms with Crippen LogP contribution in [0.15, 0.2) is 16.7 Å². The molecule has 5 heteroatoms. The lowest BCUT2D eigenvalue weighted by Crippen LogP contribution is -2.00. The van der Waals surface area contributed by atoms with E-state index < -0.39 is 0 Å². The molecule has 2 rings (SSSR count). The molecule has 0 saturated heterocycles. The van der Waals surface area contributed by atoms with Gasteiger partial charge in [-0.15, -0.1) is 0 Å². The molecule has 0 aliphatic heterocycles. The fourth-order valence-electron chi connectivity index (χ4n) is 2.08. The molecule has 0 atom stereocenters. The minimum atomic E-state index is 0.637. The van der Waals surface area contributed by atoms with Gasteiger partial charge in [0.25, 0.3) is 0 Å². The molecule has 0 amide bonds. The summed E-state index contributed by atoms with van der Waals surface area (Å²) >= 11 is 3.54. The van der Waals surface area contributed by atoms with Crippen molar-refractivity contribution in [3.8, 4) is 16.9 Å². The highest BCUT2D eigenvalue weighted by molar-refractivity contribution is 9.10. The normalized spacial score (nSPS) is 10.7. The average Bonchev–Trinajstić information content (AvgIpc) is 2.65. The molecule has 1 aromatic heterocycles. The number of hydrogen-bond donors (Lipinski definition) is 1. The molecule has 0 saturated carbocycles. The molecule has 0 fully saturated rings. The Hall–Kier alpha value is -1.49. The van der Waals surface area contributed by atoms with Gasteiger partial charge in [0.1, 0.15) is 11.6 Å². The molecule has 0 aliphatic carbocycles. The van der Waals surface area contributed by atoms with Gasteiger partial charge in [-0.05, 0) is 25.5 Å². The first-order chi connectivity index (χ1) is 8.47.